The Kier molecular flexibility index (Phi) is 4.55. The van der Waals surface area contributed by atoms with Gasteiger partial charge in [0.15, 0.2) is 0 Å². The van der Waals surface area contributed by atoms with E-state index >= 15 is 0 Å². The van der Waals surface area contributed by atoms with Crippen molar-refractivity contribution in [2.75, 3.05) is 11.9 Å². The van der Waals surface area contributed by atoms with Crippen molar-refractivity contribution in [2.24, 2.45) is 0 Å². The molecular formula is C15H16N2O3. The van der Waals surface area contributed by atoms with Crippen LogP contribution in [-0.2, 0) is 0 Å². The molecule has 5 heteroatoms. The van der Waals surface area contributed by atoms with Crippen LogP contribution in [0.5, 0.6) is 0 Å². The number of para-hydroxylation sites is 1. The van der Waals surface area contributed by atoms with Gasteiger partial charge in [-0.15, -0.1) is 0 Å². The van der Waals surface area contributed by atoms with E-state index in [0.29, 0.717) is 23.4 Å². The molecule has 0 atom stereocenters. The topological polar surface area (TPSA) is 71.3 Å². The molecule has 0 aliphatic rings. The van der Waals surface area contributed by atoms with Crippen LogP contribution in [0.15, 0.2) is 47.3 Å². The highest BCUT2D eigenvalue weighted by Gasteiger charge is 2.13. The van der Waals surface area contributed by atoms with Crippen molar-refractivity contribution in [1.29, 1.82) is 0 Å². The molecule has 1 aromatic carbocycles. The number of carbonyl (C=O) groups excluding carboxylic acids is 2. The van der Waals surface area contributed by atoms with Gasteiger partial charge in [0.25, 0.3) is 11.8 Å². The van der Waals surface area contributed by atoms with Gasteiger partial charge in [0.2, 0.25) is 0 Å². The van der Waals surface area contributed by atoms with E-state index in [1.165, 1.54) is 12.5 Å². The van der Waals surface area contributed by atoms with Crippen LogP contribution in [0.4, 0.5) is 5.69 Å². The van der Waals surface area contributed by atoms with Crippen molar-refractivity contribution in [3.05, 3.63) is 54.0 Å². The molecule has 2 aromatic rings. The molecular weight excluding hydrogens is 256 g/mol. The van der Waals surface area contributed by atoms with Crippen molar-refractivity contribution in [3.63, 3.8) is 0 Å². The van der Waals surface area contributed by atoms with Gasteiger partial charge in [-0.05, 0) is 24.6 Å². The Bertz CT molecular complexity index is 591. The Balaban J connectivity index is 2.15. The van der Waals surface area contributed by atoms with Gasteiger partial charge in [-0.3, -0.25) is 9.59 Å². The van der Waals surface area contributed by atoms with Gasteiger partial charge in [0.1, 0.15) is 6.26 Å². The molecule has 2 N–H and O–H groups in total. The first-order chi connectivity index (χ1) is 9.72. The fourth-order valence-corrected chi connectivity index (χ4v) is 1.71. The van der Waals surface area contributed by atoms with E-state index in [1.807, 2.05) is 6.92 Å². The normalized spacial score (nSPS) is 10.1. The molecule has 2 amide bonds. The Morgan fingerprint density at radius 3 is 2.65 bits per heavy atom. The lowest BCUT2D eigenvalue weighted by molar-refractivity contribution is 0.0954. The SMILES string of the molecule is CCCNC(=O)c1ccccc1NC(=O)c1ccoc1. The zero-order valence-electron chi connectivity index (χ0n) is 11.2. The van der Waals surface area contributed by atoms with E-state index in [0.717, 1.165) is 6.42 Å². The molecule has 1 aromatic heterocycles. The van der Waals surface area contributed by atoms with Crippen LogP contribution in [0.1, 0.15) is 34.1 Å². The summed E-state index contributed by atoms with van der Waals surface area (Å²) in [6.45, 7) is 2.58. The second kappa shape index (κ2) is 6.56. The summed E-state index contributed by atoms with van der Waals surface area (Å²) in [7, 11) is 0. The molecule has 20 heavy (non-hydrogen) atoms. The molecule has 0 bridgehead atoms. The number of rotatable bonds is 5. The van der Waals surface area contributed by atoms with Crippen LogP contribution in [0.3, 0.4) is 0 Å². The van der Waals surface area contributed by atoms with Crippen LogP contribution in [0, 0.1) is 0 Å². The number of benzene rings is 1. The van der Waals surface area contributed by atoms with Crippen molar-refractivity contribution < 1.29 is 14.0 Å². The van der Waals surface area contributed by atoms with Crippen molar-refractivity contribution >= 4 is 17.5 Å². The lowest BCUT2D eigenvalue weighted by atomic mass is 10.1. The second-order valence-corrected chi connectivity index (χ2v) is 4.27. The van der Waals surface area contributed by atoms with E-state index < -0.39 is 0 Å². The quantitative estimate of drug-likeness (QED) is 0.879. The largest absolute Gasteiger partial charge is 0.472 e. The molecule has 1 heterocycles. The molecule has 0 saturated heterocycles. The summed E-state index contributed by atoms with van der Waals surface area (Å²) in [5.41, 5.74) is 1.33. The molecule has 0 unspecified atom stereocenters. The lowest BCUT2D eigenvalue weighted by Gasteiger charge is -2.10. The van der Waals surface area contributed by atoms with Crippen LogP contribution in [0.2, 0.25) is 0 Å². The summed E-state index contributed by atoms with van der Waals surface area (Å²) in [5.74, 6) is -0.510. The van der Waals surface area contributed by atoms with Crippen LogP contribution in [-0.4, -0.2) is 18.4 Å². The maximum absolute atomic E-state index is 12.0. The van der Waals surface area contributed by atoms with Gasteiger partial charge in [-0.25, -0.2) is 0 Å². The van der Waals surface area contributed by atoms with Crippen molar-refractivity contribution in [3.8, 4) is 0 Å². The summed E-state index contributed by atoms with van der Waals surface area (Å²) >= 11 is 0. The second-order valence-electron chi connectivity index (χ2n) is 4.27. The summed E-state index contributed by atoms with van der Waals surface area (Å²) in [6, 6.07) is 8.46. The summed E-state index contributed by atoms with van der Waals surface area (Å²) in [5, 5.41) is 5.50. The number of carbonyl (C=O) groups is 2. The van der Waals surface area contributed by atoms with E-state index in [4.69, 9.17) is 4.42 Å². The zero-order valence-corrected chi connectivity index (χ0v) is 11.2. The average Bonchev–Trinajstić information content (AvgIpc) is 2.99. The predicted molar refractivity (Wildman–Crippen MR) is 75.7 cm³/mol. The smallest absolute Gasteiger partial charge is 0.258 e. The Morgan fingerprint density at radius 1 is 1.15 bits per heavy atom. The molecule has 0 fully saturated rings. The fraction of sp³-hybridized carbons (Fsp3) is 0.200. The van der Waals surface area contributed by atoms with Crippen LogP contribution in [0.25, 0.3) is 0 Å². The highest BCUT2D eigenvalue weighted by atomic mass is 16.3. The Hall–Kier alpha value is -2.56. The fourth-order valence-electron chi connectivity index (χ4n) is 1.71. The standard InChI is InChI=1S/C15H16N2O3/c1-2-8-16-15(19)12-5-3-4-6-13(12)17-14(18)11-7-9-20-10-11/h3-7,9-10H,2,8H2,1H3,(H,16,19)(H,17,18). The van der Waals surface area contributed by atoms with E-state index in [2.05, 4.69) is 10.6 Å². The van der Waals surface area contributed by atoms with Crippen LogP contribution >= 0.6 is 0 Å². The number of hydrogen-bond acceptors (Lipinski definition) is 3. The van der Waals surface area contributed by atoms with Crippen LogP contribution < -0.4 is 10.6 Å². The minimum Gasteiger partial charge on any atom is -0.472 e. The molecule has 2 rings (SSSR count). The first-order valence-electron chi connectivity index (χ1n) is 6.43. The van der Waals surface area contributed by atoms with Crippen molar-refractivity contribution in [1.82, 2.24) is 5.32 Å². The Labute approximate surface area is 117 Å². The zero-order chi connectivity index (χ0) is 14.4. The maximum atomic E-state index is 12.0. The van der Waals surface area contributed by atoms with Gasteiger partial charge < -0.3 is 15.1 Å². The molecule has 5 nitrogen and oxygen atoms in total. The van der Waals surface area contributed by atoms with E-state index in [1.54, 1.807) is 30.3 Å². The number of nitrogens with one attached hydrogen (secondary N) is 2. The summed E-state index contributed by atoms with van der Waals surface area (Å²) in [4.78, 5) is 24.0. The van der Waals surface area contributed by atoms with Crippen molar-refractivity contribution in [2.45, 2.75) is 13.3 Å². The third-order valence-electron chi connectivity index (χ3n) is 2.74. The summed E-state index contributed by atoms with van der Waals surface area (Å²) < 4.78 is 4.86. The van der Waals surface area contributed by atoms with Gasteiger partial charge in [0.05, 0.1) is 23.1 Å². The molecule has 0 radical (unpaired) electrons. The highest BCUT2D eigenvalue weighted by Crippen LogP contribution is 2.16. The van der Waals surface area contributed by atoms with E-state index in [-0.39, 0.29) is 11.8 Å². The van der Waals surface area contributed by atoms with Gasteiger partial charge in [0, 0.05) is 6.54 Å². The Morgan fingerprint density at radius 2 is 1.95 bits per heavy atom. The minimum absolute atomic E-state index is 0.199. The number of furan rings is 1. The first-order valence-corrected chi connectivity index (χ1v) is 6.43. The number of hydrogen-bond donors (Lipinski definition) is 2. The monoisotopic (exact) mass is 272 g/mol. The first kappa shape index (κ1) is 13.9. The summed E-state index contributed by atoms with van der Waals surface area (Å²) in [6.07, 6.45) is 3.64. The minimum atomic E-state index is -0.311. The van der Waals surface area contributed by atoms with Gasteiger partial charge in [-0.1, -0.05) is 19.1 Å². The number of amides is 2. The molecule has 0 aliphatic heterocycles. The molecule has 0 spiro atoms. The molecule has 104 valence electrons. The molecule has 0 aliphatic carbocycles. The predicted octanol–water partition coefficient (Wildman–Crippen LogP) is 2.67. The lowest BCUT2D eigenvalue weighted by Crippen LogP contribution is -2.25. The highest BCUT2D eigenvalue weighted by molar-refractivity contribution is 6.08. The van der Waals surface area contributed by atoms with E-state index in [9.17, 15) is 9.59 Å². The average molecular weight is 272 g/mol. The number of anilines is 1. The van der Waals surface area contributed by atoms with Gasteiger partial charge in [-0.2, -0.15) is 0 Å². The third kappa shape index (κ3) is 3.26. The maximum Gasteiger partial charge on any atom is 0.258 e. The van der Waals surface area contributed by atoms with Gasteiger partial charge >= 0.3 is 0 Å². The molecule has 0 saturated carbocycles. The third-order valence-corrected chi connectivity index (χ3v) is 2.74.